The largest absolute Gasteiger partial charge is 0.388 e. The van der Waals surface area contributed by atoms with Crippen LogP contribution in [0.4, 0.5) is 0 Å². The maximum Gasteiger partial charge on any atom is 0.158 e. The Bertz CT molecular complexity index is 265. The molecule has 1 aliphatic rings. The van der Waals surface area contributed by atoms with Gasteiger partial charge < -0.3 is 9.67 Å². The van der Waals surface area contributed by atoms with Crippen LogP contribution >= 0.6 is 0 Å². The van der Waals surface area contributed by atoms with Crippen LogP contribution in [0.25, 0.3) is 0 Å². The number of hydrogen-bond acceptors (Lipinski definition) is 3. The average molecular weight is 167 g/mol. The van der Waals surface area contributed by atoms with E-state index in [2.05, 4.69) is 17.1 Å². The molecule has 1 saturated carbocycles. The molecule has 66 valence electrons. The number of aromatic nitrogens is 3. The summed E-state index contributed by atoms with van der Waals surface area (Å²) in [7, 11) is 0. The summed E-state index contributed by atoms with van der Waals surface area (Å²) in [6.45, 7) is 2.23. The van der Waals surface area contributed by atoms with Gasteiger partial charge in [0, 0.05) is 6.04 Å². The van der Waals surface area contributed by atoms with Gasteiger partial charge in [0.25, 0.3) is 0 Å². The Morgan fingerprint density at radius 3 is 3.00 bits per heavy atom. The van der Waals surface area contributed by atoms with E-state index in [1.807, 2.05) is 4.57 Å². The van der Waals surface area contributed by atoms with Crippen LogP contribution in [0.2, 0.25) is 0 Å². The maximum atomic E-state index is 8.92. The Morgan fingerprint density at radius 1 is 1.67 bits per heavy atom. The van der Waals surface area contributed by atoms with E-state index in [0.29, 0.717) is 11.9 Å². The minimum Gasteiger partial charge on any atom is -0.388 e. The van der Waals surface area contributed by atoms with Crippen LogP contribution < -0.4 is 0 Å². The lowest BCUT2D eigenvalue weighted by Crippen LogP contribution is -2.25. The number of aliphatic hydroxyl groups is 1. The lowest BCUT2D eigenvalue weighted by atomic mass is 9.82. The molecule has 0 saturated heterocycles. The molecule has 1 fully saturated rings. The van der Waals surface area contributed by atoms with Crippen LogP contribution in [0.3, 0.4) is 0 Å². The molecule has 1 heterocycles. The zero-order valence-corrected chi connectivity index (χ0v) is 7.14. The Balaban J connectivity index is 2.12. The number of hydrogen-bond donors (Lipinski definition) is 1. The van der Waals surface area contributed by atoms with E-state index < -0.39 is 0 Å². The van der Waals surface area contributed by atoms with E-state index in [1.54, 1.807) is 6.33 Å². The molecule has 12 heavy (non-hydrogen) atoms. The predicted molar refractivity (Wildman–Crippen MR) is 43.4 cm³/mol. The standard InChI is InChI=1S/C8H13N3O/c1-6-2-7(3-6)11-5-9-10-8(11)4-12/h5-7,12H,2-4H2,1H3. The van der Waals surface area contributed by atoms with Crippen molar-refractivity contribution >= 4 is 0 Å². The van der Waals surface area contributed by atoms with Crippen molar-refractivity contribution in [3.05, 3.63) is 12.2 Å². The van der Waals surface area contributed by atoms with Crippen LogP contribution in [0, 0.1) is 5.92 Å². The average Bonchev–Trinajstić information content (AvgIpc) is 2.45. The van der Waals surface area contributed by atoms with Crippen molar-refractivity contribution in [3.63, 3.8) is 0 Å². The lowest BCUT2D eigenvalue weighted by Gasteiger charge is -2.33. The molecule has 0 spiro atoms. The molecular weight excluding hydrogens is 154 g/mol. The lowest BCUT2D eigenvalue weighted by molar-refractivity contribution is 0.194. The monoisotopic (exact) mass is 167 g/mol. The van der Waals surface area contributed by atoms with Gasteiger partial charge in [-0.25, -0.2) is 0 Å². The Kier molecular flexibility index (Phi) is 1.84. The van der Waals surface area contributed by atoms with Crippen molar-refractivity contribution in [1.29, 1.82) is 0 Å². The molecule has 0 atom stereocenters. The fraction of sp³-hybridized carbons (Fsp3) is 0.750. The number of rotatable bonds is 2. The minimum absolute atomic E-state index is 0.00905. The molecule has 0 bridgehead atoms. The quantitative estimate of drug-likeness (QED) is 0.706. The van der Waals surface area contributed by atoms with Gasteiger partial charge in [0.15, 0.2) is 5.82 Å². The molecule has 1 aromatic heterocycles. The summed E-state index contributed by atoms with van der Waals surface area (Å²) in [4.78, 5) is 0. The van der Waals surface area contributed by atoms with Gasteiger partial charge in [-0.15, -0.1) is 10.2 Å². The van der Waals surface area contributed by atoms with E-state index >= 15 is 0 Å². The van der Waals surface area contributed by atoms with Crippen molar-refractivity contribution in [1.82, 2.24) is 14.8 Å². The summed E-state index contributed by atoms with van der Waals surface area (Å²) in [6, 6.07) is 0.525. The molecule has 4 nitrogen and oxygen atoms in total. The molecular formula is C8H13N3O. The maximum absolute atomic E-state index is 8.92. The topological polar surface area (TPSA) is 50.9 Å². The van der Waals surface area contributed by atoms with Crippen LogP contribution in [0.5, 0.6) is 0 Å². The third kappa shape index (κ3) is 1.12. The normalized spacial score (nSPS) is 28.5. The van der Waals surface area contributed by atoms with Gasteiger partial charge in [-0.05, 0) is 18.8 Å². The number of nitrogens with zero attached hydrogens (tertiary/aromatic N) is 3. The first-order chi connectivity index (χ1) is 5.81. The van der Waals surface area contributed by atoms with Crippen molar-refractivity contribution in [3.8, 4) is 0 Å². The second kappa shape index (κ2) is 2.86. The van der Waals surface area contributed by atoms with Gasteiger partial charge in [0.2, 0.25) is 0 Å². The Labute approximate surface area is 71.2 Å². The molecule has 1 aliphatic carbocycles. The summed E-state index contributed by atoms with van der Waals surface area (Å²) in [5, 5.41) is 16.5. The predicted octanol–water partition coefficient (Wildman–Crippen LogP) is 0.741. The highest BCUT2D eigenvalue weighted by Gasteiger charge is 2.28. The SMILES string of the molecule is CC1CC(n2cnnc2CO)C1. The molecule has 0 radical (unpaired) electrons. The molecule has 0 aliphatic heterocycles. The molecule has 1 N–H and O–H groups in total. The summed E-state index contributed by atoms with van der Waals surface area (Å²) >= 11 is 0. The van der Waals surface area contributed by atoms with Crippen LogP contribution in [-0.4, -0.2) is 19.9 Å². The highest BCUT2D eigenvalue weighted by molar-refractivity contribution is 4.92. The van der Waals surface area contributed by atoms with Crippen molar-refractivity contribution in [2.75, 3.05) is 0 Å². The summed E-state index contributed by atoms with van der Waals surface area (Å²) < 4.78 is 1.99. The first-order valence-electron chi connectivity index (χ1n) is 4.30. The minimum atomic E-state index is -0.00905. The van der Waals surface area contributed by atoms with Crippen molar-refractivity contribution in [2.45, 2.75) is 32.4 Å². The highest BCUT2D eigenvalue weighted by atomic mass is 16.3. The van der Waals surface area contributed by atoms with E-state index in [1.165, 1.54) is 12.8 Å². The fourth-order valence-electron chi connectivity index (χ4n) is 1.77. The summed E-state index contributed by atoms with van der Waals surface area (Å²) in [5.74, 6) is 1.50. The van der Waals surface area contributed by atoms with Gasteiger partial charge in [-0.2, -0.15) is 0 Å². The van der Waals surface area contributed by atoms with Gasteiger partial charge in [-0.1, -0.05) is 6.92 Å². The van der Waals surface area contributed by atoms with Crippen molar-refractivity contribution < 1.29 is 5.11 Å². The van der Waals surface area contributed by atoms with E-state index in [9.17, 15) is 0 Å². The van der Waals surface area contributed by atoms with Crippen LogP contribution in [0.1, 0.15) is 31.6 Å². The van der Waals surface area contributed by atoms with Gasteiger partial charge >= 0.3 is 0 Å². The smallest absolute Gasteiger partial charge is 0.158 e. The second-order valence-corrected chi connectivity index (χ2v) is 3.54. The molecule has 4 heteroatoms. The Morgan fingerprint density at radius 2 is 2.42 bits per heavy atom. The Hall–Kier alpha value is -0.900. The number of aliphatic hydroxyl groups excluding tert-OH is 1. The van der Waals surface area contributed by atoms with Gasteiger partial charge in [-0.3, -0.25) is 0 Å². The third-order valence-electron chi connectivity index (χ3n) is 2.53. The van der Waals surface area contributed by atoms with E-state index in [-0.39, 0.29) is 6.61 Å². The fourth-order valence-corrected chi connectivity index (χ4v) is 1.77. The van der Waals surface area contributed by atoms with Gasteiger partial charge in [0.05, 0.1) is 0 Å². The molecule has 2 rings (SSSR count). The molecule has 0 unspecified atom stereocenters. The first-order valence-corrected chi connectivity index (χ1v) is 4.30. The third-order valence-corrected chi connectivity index (χ3v) is 2.53. The van der Waals surface area contributed by atoms with Crippen molar-refractivity contribution in [2.24, 2.45) is 5.92 Å². The summed E-state index contributed by atoms with van der Waals surface area (Å²) in [6.07, 6.45) is 4.08. The molecule has 0 aromatic carbocycles. The van der Waals surface area contributed by atoms with Gasteiger partial charge in [0.1, 0.15) is 12.9 Å². The molecule has 0 amide bonds. The molecule has 1 aromatic rings. The van der Waals surface area contributed by atoms with Crippen LogP contribution in [-0.2, 0) is 6.61 Å². The second-order valence-electron chi connectivity index (χ2n) is 3.54. The summed E-state index contributed by atoms with van der Waals surface area (Å²) in [5.41, 5.74) is 0. The zero-order valence-electron chi connectivity index (χ0n) is 7.14. The highest BCUT2D eigenvalue weighted by Crippen LogP contribution is 2.37. The van der Waals surface area contributed by atoms with E-state index in [0.717, 1.165) is 5.92 Å². The first kappa shape index (κ1) is 7.73. The van der Waals surface area contributed by atoms with Crippen LogP contribution in [0.15, 0.2) is 6.33 Å². The zero-order chi connectivity index (χ0) is 8.55. The van der Waals surface area contributed by atoms with E-state index in [4.69, 9.17) is 5.11 Å².